The van der Waals surface area contributed by atoms with Gasteiger partial charge in [0.15, 0.2) is 0 Å². The highest BCUT2D eigenvalue weighted by molar-refractivity contribution is 7.80. The molecule has 0 nitrogen and oxygen atoms in total. The molecule has 0 N–H and O–H groups in total. The van der Waals surface area contributed by atoms with E-state index in [1.807, 2.05) is 0 Å². The average molecular weight is 191 g/mol. The molecule has 0 heterocycles. The second kappa shape index (κ2) is 4.10. The van der Waals surface area contributed by atoms with Crippen molar-refractivity contribution in [2.45, 2.75) is 42.9 Å². The van der Waals surface area contributed by atoms with Crippen molar-refractivity contribution in [2.24, 2.45) is 0 Å². The third-order valence-electron chi connectivity index (χ3n) is 2.96. The molecule has 1 aliphatic rings. The van der Waals surface area contributed by atoms with Crippen molar-refractivity contribution in [3.63, 3.8) is 0 Å². The lowest BCUT2D eigenvalue weighted by molar-refractivity contribution is 0.443. The molecular formula is C12H15S. The summed E-state index contributed by atoms with van der Waals surface area (Å²) < 4.78 is 0. The summed E-state index contributed by atoms with van der Waals surface area (Å²) in [6.07, 6.45) is 6.98. The van der Waals surface area contributed by atoms with E-state index in [4.69, 9.17) is 12.6 Å². The summed E-state index contributed by atoms with van der Waals surface area (Å²) >= 11 is 5.07. The Hall–Kier alpha value is -0.560. The van der Waals surface area contributed by atoms with Gasteiger partial charge >= 0.3 is 0 Å². The maximum Gasteiger partial charge on any atom is 0.0377 e. The molecule has 0 atom stereocenters. The van der Waals surface area contributed by atoms with Gasteiger partial charge in [-0.3, -0.25) is 0 Å². The Morgan fingerprint density at radius 3 is 2.15 bits per heavy atom. The van der Waals surface area contributed by atoms with Crippen molar-refractivity contribution in [1.29, 1.82) is 0 Å². The maximum absolute atomic E-state index is 5.07. The van der Waals surface area contributed by atoms with Gasteiger partial charge in [0, 0.05) is 4.90 Å². The highest BCUT2D eigenvalue weighted by atomic mass is 32.1. The van der Waals surface area contributed by atoms with Gasteiger partial charge in [0.1, 0.15) is 0 Å². The second-order valence-electron chi connectivity index (χ2n) is 3.90. The van der Waals surface area contributed by atoms with Crippen LogP contribution in [0, 0.1) is 0 Å². The van der Waals surface area contributed by atoms with E-state index in [1.54, 1.807) is 0 Å². The predicted molar refractivity (Wildman–Crippen MR) is 58.1 cm³/mol. The molecule has 0 saturated heterocycles. The molecule has 1 aromatic carbocycles. The molecule has 0 unspecified atom stereocenters. The molecule has 1 radical (unpaired) electrons. The summed E-state index contributed by atoms with van der Waals surface area (Å²) in [6.45, 7) is 0. The summed E-state index contributed by atoms with van der Waals surface area (Å²) in [5.41, 5.74) is 1.49. The van der Waals surface area contributed by atoms with Crippen LogP contribution in [-0.2, 0) is 0 Å². The molecule has 1 aliphatic carbocycles. The molecule has 0 spiro atoms. The molecule has 0 amide bonds. The van der Waals surface area contributed by atoms with Gasteiger partial charge in [-0.05, 0) is 36.5 Å². The van der Waals surface area contributed by atoms with E-state index < -0.39 is 0 Å². The normalized spacial score (nSPS) is 18.8. The minimum atomic E-state index is 0.810. The molecule has 69 valence electrons. The van der Waals surface area contributed by atoms with Crippen LogP contribution in [-0.4, -0.2) is 0 Å². The van der Waals surface area contributed by atoms with Crippen LogP contribution in [0.2, 0.25) is 0 Å². The van der Waals surface area contributed by atoms with E-state index in [9.17, 15) is 0 Å². The van der Waals surface area contributed by atoms with Gasteiger partial charge in [-0.2, -0.15) is 0 Å². The quantitative estimate of drug-likeness (QED) is 0.621. The minimum Gasteiger partial charge on any atom is -0.0801 e. The molecule has 1 heteroatoms. The van der Waals surface area contributed by atoms with Gasteiger partial charge < -0.3 is 0 Å². The van der Waals surface area contributed by atoms with Crippen molar-refractivity contribution in [2.75, 3.05) is 0 Å². The molecule has 1 aromatic rings. The molecule has 2 rings (SSSR count). The molecule has 13 heavy (non-hydrogen) atoms. The highest BCUT2D eigenvalue weighted by Crippen LogP contribution is 2.32. The lowest BCUT2D eigenvalue weighted by atomic mass is 9.84. The van der Waals surface area contributed by atoms with Crippen molar-refractivity contribution in [3.05, 3.63) is 29.8 Å². The summed E-state index contributed by atoms with van der Waals surface area (Å²) in [5.74, 6) is 0.810. The Morgan fingerprint density at radius 2 is 1.54 bits per heavy atom. The van der Waals surface area contributed by atoms with Crippen molar-refractivity contribution in [1.82, 2.24) is 0 Å². The van der Waals surface area contributed by atoms with E-state index in [1.165, 1.54) is 37.7 Å². The topological polar surface area (TPSA) is 0 Å². The van der Waals surface area contributed by atoms with Gasteiger partial charge in [-0.1, -0.05) is 44.0 Å². The largest absolute Gasteiger partial charge is 0.0801 e. The standard InChI is InChI=1S/C12H15S/c13-12-8-6-11(7-9-12)10-4-2-1-3-5-10/h6-10H,1-5H2. The Labute approximate surface area is 85.8 Å². The van der Waals surface area contributed by atoms with Crippen LogP contribution in [0.3, 0.4) is 0 Å². The molecular weight excluding hydrogens is 176 g/mol. The first kappa shape index (κ1) is 9.01. The molecule has 1 fully saturated rings. The SMILES string of the molecule is [S]c1ccc(C2CCCCC2)cc1. The fraction of sp³-hybridized carbons (Fsp3) is 0.500. The predicted octanol–water partition coefficient (Wildman–Crippen LogP) is 4.29. The summed E-state index contributed by atoms with van der Waals surface area (Å²) in [6, 6.07) is 8.52. The van der Waals surface area contributed by atoms with E-state index >= 15 is 0 Å². The summed E-state index contributed by atoms with van der Waals surface area (Å²) in [7, 11) is 0. The fourth-order valence-electron chi connectivity index (χ4n) is 2.18. The maximum atomic E-state index is 5.07. The Kier molecular flexibility index (Phi) is 2.84. The van der Waals surface area contributed by atoms with Crippen LogP contribution in [0.5, 0.6) is 0 Å². The van der Waals surface area contributed by atoms with Gasteiger partial charge in [-0.25, -0.2) is 0 Å². The number of rotatable bonds is 1. The van der Waals surface area contributed by atoms with Crippen LogP contribution in [0.1, 0.15) is 43.6 Å². The summed E-state index contributed by atoms with van der Waals surface area (Å²) in [5, 5.41) is 0. The zero-order valence-electron chi connectivity index (χ0n) is 7.83. The third kappa shape index (κ3) is 2.22. The van der Waals surface area contributed by atoms with Crippen LogP contribution in [0.15, 0.2) is 29.2 Å². The lowest BCUT2D eigenvalue weighted by Crippen LogP contribution is -2.03. The minimum absolute atomic E-state index is 0.810. The van der Waals surface area contributed by atoms with E-state index in [0.717, 1.165) is 10.8 Å². The zero-order valence-corrected chi connectivity index (χ0v) is 8.65. The first-order valence-electron chi connectivity index (χ1n) is 5.13. The Morgan fingerprint density at radius 1 is 0.923 bits per heavy atom. The van der Waals surface area contributed by atoms with Crippen LogP contribution < -0.4 is 0 Å². The smallest absolute Gasteiger partial charge is 0.0377 e. The molecule has 0 aromatic heterocycles. The Bertz CT molecular complexity index is 257. The lowest BCUT2D eigenvalue weighted by Gasteiger charge is -2.21. The first-order valence-corrected chi connectivity index (χ1v) is 5.54. The van der Waals surface area contributed by atoms with Crippen molar-refractivity contribution in [3.8, 4) is 0 Å². The Balaban J connectivity index is 2.10. The summed E-state index contributed by atoms with van der Waals surface area (Å²) in [4.78, 5) is 0.958. The first-order chi connectivity index (χ1) is 6.36. The van der Waals surface area contributed by atoms with Crippen molar-refractivity contribution < 1.29 is 0 Å². The monoisotopic (exact) mass is 191 g/mol. The van der Waals surface area contributed by atoms with Crippen LogP contribution in [0.4, 0.5) is 0 Å². The van der Waals surface area contributed by atoms with E-state index in [2.05, 4.69) is 24.3 Å². The molecule has 0 bridgehead atoms. The number of hydrogen-bond acceptors (Lipinski definition) is 0. The van der Waals surface area contributed by atoms with E-state index in [0.29, 0.717) is 0 Å². The zero-order chi connectivity index (χ0) is 9.10. The van der Waals surface area contributed by atoms with Crippen LogP contribution in [0.25, 0.3) is 0 Å². The molecule has 1 saturated carbocycles. The highest BCUT2D eigenvalue weighted by Gasteiger charge is 2.14. The van der Waals surface area contributed by atoms with E-state index in [-0.39, 0.29) is 0 Å². The average Bonchev–Trinajstić information content (AvgIpc) is 2.20. The van der Waals surface area contributed by atoms with Gasteiger partial charge in [0.05, 0.1) is 0 Å². The number of hydrogen-bond donors (Lipinski definition) is 0. The van der Waals surface area contributed by atoms with Gasteiger partial charge in [-0.15, -0.1) is 0 Å². The van der Waals surface area contributed by atoms with Crippen LogP contribution >= 0.6 is 12.6 Å². The third-order valence-corrected chi connectivity index (χ3v) is 3.23. The number of benzene rings is 1. The second-order valence-corrected chi connectivity index (χ2v) is 4.38. The fourth-order valence-corrected chi connectivity index (χ4v) is 2.31. The van der Waals surface area contributed by atoms with Gasteiger partial charge in [0.2, 0.25) is 0 Å². The molecule has 0 aliphatic heterocycles. The van der Waals surface area contributed by atoms with Crippen molar-refractivity contribution >= 4 is 12.6 Å². The van der Waals surface area contributed by atoms with Gasteiger partial charge in [0.25, 0.3) is 0 Å².